The second-order valence-electron chi connectivity index (χ2n) is 5.41. The second-order valence-corrected chi connectivity index (χ2v) is 6.81. The summed E-state index contributed by atoms with van der Waals surface area (Å²) in [5.41, 5.74) is 0.110. The Labute approximate surface area is 109 Å². The molecule has 1 unspecified atom stereocenters. The molecular weight excluding hydrogens is 234 g/mol. The maximum atomic E-state index is 9.71. The first-order valence-corrected chi connectivity index (χ1v) is 7.85. The highest BCUT2D eigenvalue weighted by Gasteiger charge is 2.35. The normalized spacial score (nSPS) is 30.4. The van der Waals surface area contributed by atoms with Gasteiger partial charge in [0.25, 0.3) is 0 Å². The van der Waals surface area contributed by atoms with E-state index in [1.165, 1.54) is 25.3 Å². The van der Waals surface area contributed by atoms with Gasteiger partial charge in [-0.05, 0) is 19.3 Å². The van der Waals surface area contributed by atoms with Gasteiger partial charge in [0.15, 0.2) is 0 Å². The number of hydrogen-bond acceptors (Lipinski definition) is 4. The van der Waals surface area contributed by atoms with E-state index in [0.29, 0.717) is 6.61 Å². The van der Waals surface area contributed by atoms with Crippen molar-refractivity contribution in [2.24, 2.45) is 5.41 Å². The van der Waals surface area contributed by atoms with E-state index in [1.54, 1.807) is 0 Å². The molecule has 2 saturated heterocycles. The van der Waals surface area contributed by atoms with Crippen LogP contribution in [-0.2, 0) is 4.74 Å². The predicted molar refractivity (Wildman–Crippen MR) is 72.5 cm³/mol. The van der Waals surface area contributed by atoms with E-state index < -0.39 is 0 Å². The first kappa shape index (κ1) is 13.7. The molecule has 0 amide bonds. The summed E-state index contributed by atoms with van der Waals surface area (Å²) in [5.74, 6) is 1.25. The van der Waals surface area contributed by atoms with Crippen LogP contribution in [0.1, 0.15) is 26.2 Å². The van der Waals surface area contributed by atoms with Gasteiger partial charge < -0.3 is 14.7 Å². The van der Waals surface area contributed by atoms with Crippen LogP contribution in [0.5, 0.6) is 0 Å². The Morgan fingerprint density at radius 1 is 1.41 bits per heavy atom. The van der Waals surface area contributed by atoms with Crippen LogP contribution in [0.25, 0.3) is 0 Å². The fourth-order valence-electron chi connectivity index (χ4n) is 2.82. The summed E-state index contributed by atoms with van der Waals surface area (Å²) in [4.78, 5) is 2.56. The summed E-state index contributed by atoms with van der Waals surface area (Å²) < 4.78 is 5.42. The summed E-state index contributed by atoms with van der Waals surface area (Å²) in [6.07, 6.45) is 3.30. The van der Waals surface area contributed by atoms with Gasteiger partial charge in [0.05, 0.1) is 6.61 Å². The SMILES string of the molecule is CCC1CN(CC2(CO)CCOCC2)CCS1. The number of hydrogen-bond donors (Lipinski definition) is 1. The molecule has 0 aromatic rings. The van der Waals surface area contributed by atoms with Crippen LogP contribution in [0.2, 0.25) is 0 Å². The van der Waals surface area contributed by atoms with Gasteiger partial charge in [-0.15, -0.1) is 0 Å². The van der Waals surface area contributed by atoms with Gasteiger partial charge >= 0.3 is 0 Å². The van der Waals surface area contributed by atoms with E-state index in [1.807, 2.05) is 0 Å². The second kappa shape index (κ2) is 6.41. The minimum atomic E-state index is 0.110. The van der Waals surface area contributed by atoms with Crippen molar-refractivity contribution in [2.45, 2.75) is 31.4 Å². The molecule has 2 aliphatic rings. The smallest absolute Gasteiger partial charge is 0.0501 e. The van der Waals surface area contributed by atoms with Crippen LogP contribution < -0.4 is 0 Å². The molecule has 3 nitrogen and oxygen atoms in total. The molecule has 1 N–H and O–H groups in total. The largest absolute Gasteiger partial charge is 0.396 e. The average Bonchev–Trinajstić information content (AvgIpc) is 2.40. The highest BCUT2D eigenvalue weighted by atomic mass is 32.2. The van der Waals surface area contributed by atoms with Gasteiger partial charge in [-0.2, -0.15) is 11.8 Å². The van der Waals surface area contributed by atoms with Crippen molar-refractivity contribution in [3.05, 3.63) is 0 Å². The van der Waals surface area contributed by atoms with Crippen molar-refractivity contribution in [1.29, 1.82) is 0 Å². The topological polar surface area (TPSA) is 32.7 Å². The van der Waals surface area contributed by atoms with Gasteiger partial charge in [-0.3, -0.25) is 0 Å². The third-order valence-corrected chi connectivity index (χ3v) is 5.50. The van der Waals surface area contributed by atoms with E-state index in [4.69, 9.17) is 4.74 Å². The monoisotopic (exact) mass is 259 g/mol. The lowest BCUT2D eigenvalue weighted by Gasteiger charge is -2.42. The Morgan fingerprint density at radius 2 is 2.18 bits per heavy atom. The Hall–Kier alpha value is 0.230. The van der Waals surface area contributed by atoms with E-state index in [-0.39, 0.29) is 5.41 Å². The van der Waals surface area contributed by atoms with Crippen LogP contribution in [0.4, 0.5) is 0 Å². The lowest BCUT2D eigenvalue weighted by molar-refractivity contribution is -0.0338. The molecule has 2 heterocycles. The lowest BCUT2D eigenvalue weighted by atomic mass is 9.80. The lowest BCUT2D eigenvalue weighted by Crippen LogP contribution is -2.48. The van der Waals surface area contributed by atoms with Crippen LogP contribution in [-0.4, -0.2) is 60.5 Å². The molecule has 2 aliphatic heterocycles. The fourth-order valence-corrected chi connectivity index (χ4v) is 4.06. The molecule has 2 fully saturated rings. The van der Waals surface area contributed by atoms with Crippen molar-refractivity contribution >= 4 is 11.8 Å². The zero-order valence-corrected chi connectivity index (χ0v) is 11.7. The van der Waals surface area contributed by atoms with Gasteiger partial charge in [-0.1, -0.05) is 6.92 Å². The number of aliphatic hydroxyl groups excluding tert-OH is 1. The maximum Gasteiger partial charge on any atom is 0.0501 e. The minimum Gasteiger partial charge on any atom is -0.396 e. The van der Waals surface area contributed by atoms with E-state index >= 15 is 0 Å². The number of rotatable bonds is 4. The minimum absolute atomic E-state index is 0.110. The Morgan fingerprint density at radius 3 is 2.82 bits per heavy atom. The summed E-state index contributed by atoms with van der Waals surface area (Å²) >= 11 is 2.11. The third kappa shape index (κ3) is 3.60. The summed E-state index contributed by atoms with van der Waals surface area (Å²) in [6, 6.07) is 0. The molecule has 17 heavy (non-hydrogen) atoms. The Bertz CT molecular complexity index is 231. The van der Waals surface area contributed by atoms with E-state index in [2.05, 4.69) is 23.6 Å². The Balaban J connectivity index is 1.88. The fraction of sp³-hybridized carbons (Fsp3) is 1.00. The molecule has 0 aromatic heterocycles. The molecule has 0 saturated carbocycles. The number of aliphatic hydroxyl groups is 1. The van der Waals surface area contributed by atoms with Crippen LogP contribution in [0.3, 0.4) is 0 Å². The molecule has 4 heteroatoms. The van der Waals surface area contributed by atoms with Crippen molar-refractivity contribution < 1.29 is 9.84 Å². The number of thioether (sulfide) groups is 1. The summed E-state index contributed by atoms with van der Waals surface area (Å²) in [5, 5.41) is 10.5. The highest BCUT2D eigenvalue weighted by molar-refractivity contribution is 8.00. The summed E-state index contributed by atoms with van der Waals surface area (Å²) in [6.45, 7) is 7.67. The molecule has 0 radical (unpaired) electrons. The highest BCUT2D eigenvalue weighted by Crippen LogP contribution is 2.32. The van der Waals surface area contributed by atoms with Crippen molar-refractivity contribution in [3.63, 3.8) is 0 Å². The van der Waals surface area contributed by atoms with Crippen LogP contribution in [0, 0.1) is 5.41 Å². The van der Waals surface area contributed by atoms with Crippen LogP contribution in [0.15, 0.2) is 0 Å². The van der Waals surface area contributed by atoms with Crippen molar-refractivity contribution in [2.75, 3.05) is 45.2 Å². The van der Waals surface area contributed by atoms with Crippen molar-refractivity contribution in [1.82, 2.24) is 4.90 Å². The molecule has 100 valence electrons. The quantitative estimate of drug-likeness (QED) is 0.831. The molecule has 2 rings (SSSR count). The zero-order chi connectivity index (χ0) is 12.1. The third-order valence-electron chi connectivity index (χ3n) is 4.13. The van der Waals surface area contributed by atoms with Gasteiger partial charge in [-0.25, -0.2) is 0 Å². The standard InChI is InChI=1S/C13H25NO2S/c1-2-12-9-14(5-8-17-12)10-13(11-15)3-6-16-7-4-13/h12,15H,2-11H2,1H3. The molecular formula is C13H25NO2S. The molecule has 1 atom stereocenters. The molecule has 0 bridgehead atoms. The Kier molecular flexibility index (Phi) is 5.15. The maximum absolute atomic E-state index is 9.71. The predicted octanol–water partition coefficient (Wildman–Crippen LogP) is 1.60. The van der Waals surface area contributed by atoms with Gasteiger partial charge in [0.2, 0.25) is 0 Å². The average molecular weight is 259 g/mol. The molecule has 0 spiro atoms. The van der Waals surface area contributed by atoms with Crippen LogP contribution >= 0.6 is 11.8 Å². The van der Waals surface area contributed by atoms with Gasteiger partial charge in [0, 0.05) is 49.3 Å². The molecule has 0 aliphatic carbocycles. The van der Waals surface area contributed by atoms with Crippen molar-refractivity contribution in [3.8, 4) is 0 Å². The van der Waals surface area contributed by atoms with E-state index in [0.717, 1.165) is 37.9 Å². The first-order valence-electron chi connectivity index (χ1n) is 6.80. The number of ether oxygens (including phenoxy) is 1. The zero-order valence-electron chi connectivity index (χ0n) is 10.9. The molecule has 0 aromatic carbocycles. The first-order chi connectivity index (χ1) is 8.28. The summed E-state index contributed by atoms with van der Waals surface area (Å²) in [7, 11) is 0. The van der Waals surface area contributed by atoms with Gasteiger partial charge in [0.1, 0.15) is 0 Å². The number of nitrogens with zero attached hydrogens (tertiary/aromatic N) is 1. The van der Waals surface area contributed by atoms with E-state index in [9.17, 15) is 5.11 Å².